The minimum atomic E-state index is -0.405. The van der Waals surface area contributed by atoms with E-state index in [4.69, 9.17) is 0 Å². The maximum Gasteiger partial charge on any atom is 0.0672 e. The standard InChI is InChI=1S/C10H23NO2/c1-4-7-10(8-12,9-13)11(5-2)6-3/h12-13H,4-9H2,1-3H3. The first-order chi connectivity index (χ1) is 6.20. The molecule has 0 atom stereocenters. The summed E-state index contributed by atoms with van der Waals surface area (Å²) in [6, 6.07) is 0. The second-order valence-electron chi connectivity index (χ2n) is 3.46. The van der Waals surface area contributed by atoms with Gasteiger partial charge in [-0.15, -0.1) is 0 Å². The maximum absolute atomic E-state index is 9.34. The van der Waals surface area contributed by atoms with Gasteiger partial charge in [-0.25, -0.2) is 0 Å². The van der Waals surface area contributed by atoms with Crippen molar-refractivity contribution in [2.45, 2.75) is 39.2 Å². The SMILES string of the molecule is CCCC(CO)(CO)N(CC)CC. The van der Waals surface area contributed by atoms with Gasteiger partial charge in [0.1, 0.15) is 0 Å². The maximum atomic E-state index is 9.34. The number of aliphatic hydroxyl groups excluding tert-OH is 2. The molecule has 80 valence electrons. The van der Waals surface area contributed by atoms with Crippen molar-refractivity contribution in [3.8, 4) is 0 Å². The number of aliphatic hydroxyl groups is 2. The molecule has 0 fully saturated rings. The van der Waals surface area contributed by atoms with Crippen molar-refractivity contribution < 1.29 is 10.2 Å². The van der Waals surface area contributed by atoms with Gasteiger partial charge in [-0.05, 0) is 19.5 Å². The third-order valence-corrected chi connectivity index (χ3v) is 2.74. The van der Waals surface area contributed by atoms with Crippen LogP contribution < -0.4 is 0 Å². The van der Waals surface area contributed by atoms with E-state index < -0.39 is 5.54 Å². The quantitative estimate of drug-likeness (QED) is 0.624. The molecule has 0 unspecified atom stereocenters. The fourth-order valence-corrected chi connectivity index (χ4v) is 1.93. The number of hydrogen-bond donors (Lipinski definition) is 2. The van der Waals surface area contributed by atoms with Crippen LogP contribution in [0.25, 0.3) is 0 Å². The minimum absolute atomic E-state index is 0.0407. The molecule has 0 saturated carbocycles. The lowest BCUT2D eigenvalue weighted by Gasteiger charge is -2.40. The van der Waals surface area contributed by atoms with Gasteiger partial charge in [0.05, 0.1) is 18.8 Å². The van der Waals surface area contributed by atoms with E-state index in [0.29, 0.717) is 0 Å². The molecule has 2 N–H and O–H groups in total. The van der Waals surface area contributed by atoms with Crippen molar-refractivity contribution in [3.63, 3.8) is 0 Å². The molecule has 0 aromatic carbocycles. The van der Waals surface area contributed by atoms with Gasteiger partial charge in [0.15, 0.2) is 0 Å². The largest absolute Gasteiger partial charge is 0.394 e. The van der Waals surface area contributed by atoms with Gasteiger partial charge in [-0.2, -0.15) is 0 Å². The molecule has 0 aromatic heterocycles. The molecule has 0 bridgehead atoms. The van der Waals surface area contributed by atoms with E-state index >= 15 is 0 Å². The predicted molar refractivity (Wildman–Crippen MR) is 54.7 cm³/mol. The molecule has 0 aliphatic heterocycles. The smallest absolute Gasteiger partial charge is 0.0672 e. The van der Waals surface area contributed by atoms with Gasteiger partial charge in [0.25, 0.3) is 0 Å². The summed E-state index contributed by atoms with van der Waals surface area (Å²) in [5.41, 5.74) is -0.405. The summed E-state index contributed by atoms with van der Waals surface area (Å²) >= 11 is 0. The van der Waals surface area contributed by atoms with Crippen molar-refractivity contribution >= 4 is 0 Å². The lowest BCUT2D eigenvalue weighted by molar-refractivity contribution is -0.0142. The van der Waals surface area contributed by atoms with Crippen molar-refractivity contribution in [1.29, 1.82) is 0 Å². The van der Waals surface area contributed by atoms with E-state index in [0.717, 1.165) is 25.9 Å². The second kappa shape index (κ2) is 6.35. The number of rotatable bonds is 7. The Balaban J connectivity index is 4.50. The highest BCUT2D eigenvalue weighted by Gasteiger charge is 2.32. The Labute approximate surface area is 81.4 Å². The third kappa shape index (κ3) is 2.93. The number of likely N-dealkylation sites (N-methyl/N-ethyl adjacent to an activating group) is 1. The van der Waals surface area contributed by atoms with E-state index in [9.17, 15) is 10.2 Å². The first-order valence-corrected chi connectivity index (χ1v) is 5.17. The monoisotopic (exact) mass is 189 g/mol. The highest BCUT2D eigenvalue weighted by molar-refractivity contribution is 4.88. The van der Waals surface area contributed by atoms with E-state index in [1.165, 1.54) is 0 Å². The Morgan fingerprint density at radius 1 is 1.00 bits per heavy atom. The Morgan fingerprint density at radius 2 is 1.46 bits per heavy atom. The molecule has 0 aromatic rings. The van der Waals surface area contributed by atoms with Crippen LogP contribution in [-0.4, -0.2) is 47.0 Å². The normalized spacial score (nSPS) is 12.5. The van der Waals surface area contributed by atoms with Crippen LogP contribution in [0.3, 0.4) is 0 Å². The molecule has 0 radical (unpaired) electrons. The van der Waals surface area contributed by atoms with Crippen molar-refractivity contribution in [2.75, 3.05) is 26.3 Å². The highest BCUT2D eigenvalue weighted by atomic mass is 16.3. The van der Waals surface area contributed by atoms with Crippen LogP contribution in [-0.2, 0) is 0 Å². The predicted octanol–water partition coefficient (Wildman–Crippen LogP) is 0.852. The lowest BCUT2D eigenvalue weighted by atomic mass is 9.93. The Morgan fingerprint density at radius 3 is 1.69 bits per heavy atom. The highest BCUT2D eigenvalue weighted by Crippen LogP contribution is 2.20. The summed E-state index contributed by atoms with van der Waals surface area (Å²) in [4.78, 5) is 2.14. The van der Waals surface area contributed by atoms with Crippen LogP contribution in [0.1, 0.15) is 33.6 Å². The van der Waals surface area contributed by atoms with Crippen LogP contribution >= 0.6 is 0 Å². The summed E-state index contributed by atoms with van der Waals surface area (Å²) in [5.74, 6) is 0. The molecule has 0 amide bonds. The Kier molecular flexibility index (Phi) is 6.29. The van der Waals surface area contributed by atoms with Gasteiger partial charge in [-0.1, -0.05) is 27.2 Å². The molecule has 0 aliphatic carbocycles. The van der Waals surface area contributed by atoms with E-state index in [1.807, 2.05) is 0 Å². The minimum Gasteiger partial charge on any atom is -0.394 e. The summed E-state index contributed by atoms with van der Waals surface area (Å²) in [6.45, 7) is 8.01. The topological polar surface area (TPSA) is 43.7 Å². The average Bonchev–Trinajstić information content (AvgIpc) is 2.18. The van der Waals surface area contributed by atoms with Crippen molar-refractivity contribution in [1.82, 2.24) is 4.90 Å². The molecule has 0 rings (SSSR count). The van der Waals surface area contributed by atoms with Gasteiger partial charge in [0.2, 0.25) is 0 Å². The van der Waals surface area contributed by atoms with Crippen LogP contribution in [0.4, 0.5) is 0 Å². The number of nitrogens with zero attached hydrogens (tertiary/aromatic N) is 1. The molecule has 3 nitrogen and oxygen atoms in total. The van der Waals surface area contributed by atoms with Gasteiger partial charge in [0, 0.05) is 0 Å². The Bertz CT molecular complexity index is 120. The van der Waals surface area contributed by atoms with Gasteiger partial charge in [-0.3, -0.25) is 4.90 Å². The van der Waals surface area contributed by atoms with Crippen molar-refractivity contribution in [2.24, 2.45) is 0 Å². The van der Waals surface area contributed by atoms with E-state index in [2.05, 4.69) is 25.7 Å². The molecule has 0 aliphatic rings. The van der Waals surface area contributed by atoms with Gasteiger partial charge < -0.3 is 10.2 Å². The molecule has 3 heteroatoms. The van der Waals surface area contributed by atoms with Crippen LogP contribution in [0.5, 0.6) is 0 Å². The average molecular weight is 189 g/mol. The van der Waals surface area contributed by atoms with Crippen molar-refractivity contribution in [3.05, 3.63) is 0 Å². The van der Waals surface area contributed by atoms with Crippen LogP contribution in [0, 0.1) is 0 Å². The van der Waals surface area contributed by atoms with Crippen LogP contribution in [0.2, 0.25) is 0 Å². The molecule has 13 heavy (non-hydrogen) atoms. The molecular formula is C10H23NO2. The summed E-state index contributed by atoms with van der Waals surface area (Å²) in [5, 5.41) is 18.7. The van der Waals surface area contributed by atoms with E-state index in [1.54, 1.807) is 0 Å². The van der Waals surface area contributed by atoms with Gasteiger partial charge >= 0.3 is 0 Å². The summed E-state index contributed by atoms with van der Waals surface area (Å²) in [6.07, 6.45) is 1.83. The zero-order chi connectivity index (χ0) is 10.3. The zero-order valence-corrected chi connectivity index (χ0v) is 9.08. The lowest BCUT2D eigenvalue weighted by Crippen LogP contribution is -2.54. The molecule has 0 spiro atoms. The zero-order valence-electron chi connectivity index (χ0n) is 9.08. The first kappa shape index (κ1) is 12.9. The van der Waals surface area contributed by atoms with E-state index in [-0.39, 0.29) is 13.2 Å². The fraction of sp³-hybridized carbons (Fsp3) is 1.00. The number of hydrogen-bond acceptors (Lipinski definition) is 3. The Hall–Kier alpha value is -0.120. The second-order valence-corrected chi connectivity index (χ2v) is 3.46. The molecular weight excluding hydrogens is 166 g/mol. The fourth-order valence-electron chi connectivity index (χ4n) is 1.93. The first-order valence-electron chi connectivity index (χ1n) is 5.17. The molecule has 0 saturated heterocycles. The molecule has 0 heterocycles. The summed E-state index contributed by atoms with van der Waals surface area (Å²) < 4.78 is 0. The third-order valence-electron chi connectivity index (χ3n) is 2.74. The van der Waals surface area contributed by atoms with Crippen LogP contribution in [0.15, 0.2) is 0 Å². The summed E-state index contributed by atoms with van der Waals surface area (Å²) in [7, 11) is 0.